The minimum Gasteiger partial charge on any atom is -0.342 e. The number of rotatable bonds is 5. The lowest BCUT2D eigenvalue weighted by molar-refractivity contribution is -0.124. The van der Waals surface area contributed by atoms with Crippen LogP contribution in [0.5, 0.6) is 0 Å². The lowest BCUT2D eigenvalue weighted by atomic mass is 9.94. The van der Waals surface area contributed by atoms with Crippen LogP contribution >= 0.6 is 11.8 Å². The number of amides is 1. The predicted molar refractivity (Wildman–Crippen MR) is 169 cm³/mol. The lowest BCUT2D eigenvalue weighted by Gasteiger charge is -2.31. The van der Waals surface area contributed by atoms with E-state index >= 15 is 0 Å². The summed E-state index contributed by atoms with van der Waals surface area (Å²) in [4.78, 5) is 22.1. The number of fused-ring (bicyclic) bond motifs is 2. The summed E-state index contributed by atoms with van der Waals surface area (Å²) in [7, 11) is 0. The number of carbonyl (C=O) groups excluding carboxylic acids is 1. The minimum atomic E-state index is 0.150. The molecular weight excluding hydrogens is 510 g/mol. The quantitative estimate of drug-likeness (QED) is 0.234. The summed E-state index contributed by atoms with van der Waals surface area (Å²) in [5.41, 5.74) is 3.60. The molecule has 4 aromatic rings. The fraction of sp³-hybridized carbons (Fsp3) is 0.371. The van der Waals surface area contributed by atoms with Crippen molar-refractivity contribution in [2.24, 2.45) is 4.99 Å². The number of benzene rings is 3. The Morgan fingerprint density at radius 2 is 1.50 bits per heavy atom. The highest BCUT2D eigenvalue weighted by molar-refractivity contribution is 8.18. The summed E-state index contributed by atoms with van der Waals surface area (Å²) in [5, 5.41) is 4.69. The van der Waals surface area contributed by atoms with Gasteiger partial charge in [0.15, 0.2) is 5.17 Å². The Kier molecular flexibility index (Phi) is 7.24. The third-order valence-electron chi connectivity index (χ3n) is 8.97. The van der Waals surface area contributed by atoms with Gasteiger partial charge in [-0.25, -0.2) is 0 Å². The van der Waals surface area contributed by atoms with Crippen molar-refractivity contribution in [3.05, 3.63) is 89.0 Å². The molecule has 204 valence electrons. The number of para-hydroxylation sites is 1. The van der Waals surface area contributed by atoms with Crippen molar-refractivity contribution in [2.45, 2.75) is 82.8 Å². The minimum absolute atomic E-state index is 0.150. The molecule has 0 spiro atoms. The van der Waals surface area contributed by atoms with Crippen LogP contribution in [0.15, 0.2) is 82.8 Å². The van der Waals surface area contributed by atoms with Gasteiger partial charge >= 0.3 is 0 Å². The van der Waals surface area contributed by atoms with E-state index in [0.29, 0.717) is 6.04 Å². The van der Waals surface area contributed by atoms with Gasteiger partial charge in [-0.05, 0) is 65.9 Å². The van der Waals surface area contributed by atoms with Crippen LogP contribution < -0.4 is 0 Å². The smallest absolute Gasteiger partial charge is 0.267 e. The lowest BCUT2D eigenvalue weighted by Crippen LogP contribution is -2.41. The Morgan fingerprint density at radius 3 is 2.33 bits per heavy atom. The van der Waals surface area contributed by atoms with E-state index in [-0.39, 0.29) is 11.9 Å². The molecule has 3 aromatic carbocycles. The Balaban J connectivity index is 1.25. The van der Waals surface area contributed by atoms with Crippen molar-refractivity contribution in [2.75, 3.05) is 0 Å². The topological polar surface area (TPSA) is 37.6 Å². The summed E-state index contributed by atoms with van der Waals surface area (Å²) >= 11 is 1.61. The highest BCUT2D eigenvalue weighted by Crippen LogP contribution is 2.39. The van der Waals surface area contributed by atoms with E-state index in [1.807, 2.05) is 0 Å². The second kappa shape index (κ2) is 11.3. The molecule has 40 heavy (non-hydrogen) atoms. The number of hydrogen-bond donors (Lipinski definition) is 0. The standard InChI is InChI=1S/C35H37N3OS/c39-34-33(40-35(36-28-15-3-1-4-16-28)38(34)29-17-5-2-6-18-29)22-27-24-37(32-21-10-9-20-31(27)32)23-26-14-11-13-25-12-7-8-19-30(25)26/h7-14,19-22,24,28-29H,1-6,15-18,23H2. The molecule has 1 saturated heterocycles. The van der Waals surface area contributed by atoms with E-state index in [4.69, 9.17) is 4.99 Å². The average molecular weight is 548 g/mol. The molecule has 0 radical (unpaired) electrons. The molecule has 0 atom stereocenters. The van der Waals surface area contributed by atoms with Crippen molar-refractivity contribution in [3.63, 3.8) is 0 Å². The van der Waals surface area contributed by atoms with Gasteiger partial charge in [0.25, 0.3) is 5.91 Å². The summed E-state index contributed by atoms with van der Waals surface area (Å²) < 4.78 is 2.34. The van der Waals surface area contributed by atoms with Gasteiger partial charge in [-0.1, -0.05) is 99.2 Å². The summed E-state index contributed by atoms with van der Waals surface area (Å²) in [5.74, 6) is 0.150. The molecule has 2 aliphatic carbocycles. The molecule has 3 fully saturated rings. The molecule has 0 unspecified atom stereocenters. The van der Waals surface area contributed by atoms with Gasteiger partial charge in [0.1, 0.15) is 0 Å². The molecule has 5 heteroatoms. The molecule has 7 rings (SSSR count). The molecule has 4 nitrogen and oxygen atoms in total. The van der Waals surface area contributed by atoms with Gasteiger partial charge in [0.05, 0.1) is 10.9 Å². The first kappa shape index (κ1) is 25.6. The Hall–Kier alpha value is -3.31. The SMILES string of the molecule is O=C1C(=Cc2cn(Cc3cccc4ccccc34)c3ccccc23)SC(=NC2CCCCC2)N1C1CCCCC1. The van der Waals surface area contributed by atoms with Crippen LogP contribution in [-0.4, -0.2) is 32.6 Å². The maximum absolute atomic E-state index is 14.0. The van der Waals surface area contributed by atoms with E-state index in [9.17, 15) is 4.79 Å². The molecule has 1 aromatic heterocycles. The van der Waals surface area contributed by atoms with Crippen molar-refractivity contribution in [1.82, 2.24) is 9.47 Å². The average Bonchev–Trinajstić information content (AvgIpc) is 3.50. The van der Waals surface area contributed by atoms with Crippen LogP contribution in [0.4, 0.5) is 0 Å². The fourth-order valence-electron chi connectivity index (χ4n) is 6.88. The van der Waals surface area contributed by atoms with Gasteiger partial charge in [0, 0.05) is 35.2 Å². The molecule has 0 bridgehead atoms. The summed E-state index contributed by atoms with van der Waals surface area (Å²) in [6.07, 6.45) is 16.4. The fourth-order valence-corrected chi connectivity index (χ4v) is 7.98. The van der Waals surface area contributed by atoms with Crippen LogP contribution in [0.2, 0.25) is 0 Å². The predicted octanol–water partition coefficient (Wildman–Crippen LogP) is 8.78. The third kappa shape index (κ3) is 5.01. The van der Waals surface area contributed by atoms with Crippen LogP contribution in [0, 0.1) is 0 Å². The number of amidine groups is 1. The van der Waals surface area contributed by atoms with Gasteiger partial charge < -0.3 is 4.57 Å². The Morgan fingerprint density at radius 1 is 0.800 bits per heavy atom. The molecule has 2 saturated carbocycles. The van der Waals surface area contributed by atoms with Crippen LogP contribution in [0.1, 0.15) is 75.3 Å². The van der Waals surface area contributed by atoms with Crippen LogP contribution in [-0.2, 0) is 11.3 Å². The van der Waals surface area contributed by atoms with Crippen LogP contribution in [0.25, 0.3) is 27.8 Å². The number of thioether (sulfide) groups is 1. The highest BCUT2D eigenvalue weighted by Gasteiger charge is 2.39. The molecule has 2 heterocycles. The largest absolute Gasteiger partial charge is 0.342 e. The van der Waals surface area contributed by atoms with Gasteiger partial charge in [-0.2, -0.15) is 0 Å². The number of aliphatic imine (C=N–C) groups is 1. The maximum Gasteiger partial charge on any atom is 0.267 e. The molecular formula is C35H37N3OS. The van der Waals surface area contributed by atoms with E-state index < -0.39 is 0 Å². The zero-order valence-electron chi connectivity index (χ0n) is 23.1. The van der Waals surface area contributed by atoms with Crippen LogP contribution in [0.3, 0.4) is 0 Å². The first-order chi connectivity index (χ1) is 19.7. The second-order valence-corrected chi connectivity index (χ2v) is 12.7. The van der Waals surface area contributed by atoms with E-state index in [2.05, 4.69) is 88.5 Å². The molecule has 1 amide bonds. The van der Waals surface area contributed by atoms with Crippen molar-refractivity contribution in [3.8, 4) is 0 Å². The van der Waals surface area contributed by atoms with Crippen molar-refractivity contribution < 1.29 is 4.79 Å². The maximum atomic E-state index is 14.0. The third-order valence-corrected chi connectivity index (χ3v) is 9.97. The van der Waals surface area contributed by atoms with Gasteiger partial charge in [-0.15, -0.1) is 0 Å². The zero-order chi connectivity index (χ0) is 26.9. The van der Waals surface area contributed by atoms with Crippen molar-refractivity contribution >= 4 is 50.6 Å². The zero-order valence-corrected chi connectivity index (χ0v) is 23.9. The molecule has 3 aliphatic rings. The Labute approximate surface area is 241 Å². The van der Waals surface area contributed by atoms with Crippen molar-refractivity contribution in [1.29, 1.82) is 0 Å². The summed E-state index contributed by atoms with van der Waals surface area (Å²) in [6.45, 7) is 0.786. The van der Waals surface area contributed by atoms with E-state index in [1.165, 1.54) is 65.8 Å². The van der Waals surface area contributed by atoms with Gasteiger partial charge in [0.2, 0.25) is 0 Å². The van der Waals surface area contributed by atoms with Gasteiger partial charge in [-0.3, -0.25) is 14.7 Å². The molecule has 0 N–H and O–H groups in total. The number of hydrogen-bond acceptors (Lipinski definition) is 3. The van der Waals surface area contributed by atoms with E-state index in [1.54, 1.807) is 11.8 Å². The number of carbonyl (C=O) groups is 1. The van der Waals surface area contributed by atoms with E-state index in [0.717, 1.165) is 47.9 Å². The number of nitrogens with zero attached hydrogens (tertiary/aromatic N) is 3. The summed E-state index contributed by atoms with van der Waals surface area (Å²) in [6, 6.07) is 24.4. The monoisotopic (exact) mass is 547 g/mol. The molecule has 1 aliphatic heterocycles. The normalized spacial score (nSPS) is 21.4. The highest BCUT2D eigenvalue weighted by atomic mass is 32.2. The Bertz CT molecular complexity index is 1600. The number of aromatic nitrogens is 1. The first-order valence-electron chi connectivity index (χ1n) is 15.1. The first-order valence-corrected chi connectivity index (χ1v) is 15.9. The second-order valence-electron chi connectivity index (χ2n) is 11.6.